The summed E-state index contributed by atoms with van der Waals surface area (Å²) in [4.78, 5) is 35.8. The highest BCUT2D eigenvalue weighted by Gasteiger charge is 2.14. The number of benzene rings is 2. The quantitative estimate of drug-likeness (QED) is 0.575. The minimum Gasteiger partial charge on any atom is -0.493 e. The van der Waals surface area contributed by atoms with E-state index in [1.165, 1.54) is 32.4 Å². The lowest BCUT2D eigenvalue weighted by molar-refractivity contribution is -0.119. The van der Waals surface area contributed by atoms with Gasteiger partial charge in [-0.2, -0.15) is 0 Å². The van der Waals surface area contributed by atoms with Crippen molar-refractivity contribution < 1.29 is 33.3 Å². The summed E-state index contributed by atoms with van der Waals surface area (Å²) < 4.78 is 20.7. The summed E-state index contributed by atoms with van der Waals surface area (Å²) in [6, 6.07) is 10.8. The Kier molecular flexibility index (Phi) is 8.87. The van der Waals surface area contributed by atoms with Gasteiger partial charge in [-0.3, -0.25) is 4.79 Å². The van der Waals surface area contributed by atoms with E-state index in [2.05, 4.69) is 23.9 Å². The number of carbonyl (C=O) groups is 3. The molecule has 2 rings (SSSR count). The summed E-state index contributed by atoms with van der Waals surface area (Å²) in [7, 11) is 2.77. The molecule has 0 aliphatic rings. The molecule has 1 amide bonds. The molecule has 0 saturated heterocycles. The maximum atomic E-state index is 12.3. The van der Waals surface area contributed by atoms with Crippen molar-refractivity contribution in [3.05, 3.63) is 53.6 Å². The average Bonchev–Trinajstić information content (AvgIpc) is 2.77. The largest absolute Gasteiger partial charge is 0.493 e. The topological polar surface area (TPSA) is 100 Å². The van der Waals surface area contributed by atoms with E-state index in [0.717, 1.165) is 6.42 Å². The highest BCUT2D eigenvalue weighted by Crippen LogP contribution is 2.28. The van der Waals surface area contributed by atoms with Crippen LogP contribution in [0, 0.1) is 5.92 Å². The van der Waals surface area contributed by atoms with Crippen LogP contribution in [0.4, 0.5) is 5.69 Å². The number of ether oxygens (including phenoxy) is 4. The molecule has 0 spiro atoms. The van der Waals surface area contributed by atoms with E-state index in [1.807, 2.05) is 0 Å². The van der Waals surface area contributed by atoms with Gasteiger partial charge in [-0.05, 0) is 54.8 Å². The highest BCUT2D eigenvalue weighted by atomic mass is 16.5. The van der Waals surface area contributed by atoms with E-state index in [0.29, 0.717) is 35.3 Å². The van der Waals surface area contributed by atoms with Gasteiger partial charge in [-0.25, -0.2) is 9.59 Å². The van der Waals surface area contributed by atoms with Gasteiger partial charge in [0.05, 0.1) is 32.0 Å². The van der Waals surface area contributed by atoms with Crippen molar-refractivity contribution in [1.29, 1.82) is 0 Å². The zero-order chi connectivity index (χ0) is 22.8. The van der Waals surface area contributed by atoms with Gasteiger partial charge in [0.15, 0.2) is 18.1 Å². The number of hydrogen-bond acceptors (Lipinski definition) is 7. The first kappa shape index (κ1) is 23.7. The van der Waals surface area contributed by atoms with Crippen LogP contribution in [-0.4, -0.2) is 45.3 Å². The second-order valence-corrected chi connectivity index (χ2v) is 7.09. The lowest BCUT2D eigenvalue weighted by Crippen LogP contribution is -2.21. The molecule has 166 valence electrons. The summed E-state index contributed by atoms with van der Waals surface area (Å²) in [5, 5.41) is 2.58. The van der Waals surface area contributed by atoms with Gasteiger partial charge in [-0.15, -0.1) is 0 Å². The minimum absolute atomic E-state index is 0.239. The summed E-state index contributed by atoms with van der Waals surface area (Å²) >= 11 is 0. The molecule has 8 heteroatoms. The Morgan fingerprint density at radius 3 is 2.19 bits per heavy atom. The zero-order valence-corrected chi connectivity index (χ0v) is 18.1. The third-order valence-electron chi connectivity index (χ3n) is 4.28. The van der Waals surface area contributed by atoms with Gasteiger partial charge in [0, 0.05) is 5.69 Å². The summed E-state index contributed by atoms with van der Waals surface area (Å²) in [5.74, 6) is -0.194. The Labute approximate surface area is 181 Å². The molecular formula is C23H27NO7. The van der Waals surface area contributed by atoms with E-state index in [4.69, 9.17) is 14.2 Å². The first-order valence-corrected chi connectivity index (χ1v) is 9.80. The number of amides is 1. The number of rotatable bonds is 10. The number of esters is 2. The smallest absolute Gasteiger partial charge is 0.338 e. The standard InChI is InChI=1S/C23H27NO7/c1-15(2)11-12-30-19-10-7-17(13-20(19)28-3)23(27)31-14-21(25)24-18-8-5-16(6-9-18)22(26)29-4/h5-10,13,15H,11-12,14H2,1-4H3,(H,24,25). The van der Waals surface area contributed by atoms with Crippen LogP contribution >= 0.6 is 0 Å². The molecule has 0 heterocycles. The van der Waals surface area contributed by atoms with Crippen LogP contribution in [0.25, 0.3) is 0 Å². The molecule has 31 heavy (non-hydrogen) atoms. The van der Waals surface area contributed by atoms with Gasteiger partial charge < -0.3 is 24.3 Å². The van der Waals surface area contributed by atoms with Crippen LogP contribution in [0.15, 0.2) is 42.5 Å². The minimum atomic E-state index is -0.664. The second kappa shape index (κ2) is 11.6. The van der Waals surface area contributed by atoms with Gasteiger partial charge in [0.25, 0.3) is 5.91 Å². The van der Waals surface area contributed by atoms with E-state index in [-0.39, 0.29) is 5.56 Å². The summed E-state index contributed by atoms with van der Waals surface area (Å²) in [6.45, 7) is 4.28. The lowest BCUT2D eigenvalue weighted by atomic mass is 10.1. The Bertz CT molecular complexity index is 907. The molecule has 0 saturated carbocycles. The second-order valence-electron chi connectivity index (χ2n) is 7.09. The fourth-order valence-corrected chi connectivity index (χ4v) is 2.54. The van der Waals surface area contributed by atoms with Crippen molar-refractivity contribution in [1.82, 2.24) is 0 Å². The fourth-order valence-electron chi connectivity index (χ4n) is 2.54. The molecule has 0 aromatic heterocycles. The van der Waals surface area contributed by atoms with Crippen molar-refractivity contribution in [2.24, 2.45) is 5.92 Å². The zero-order valence-electron chi connectivity index (χ0n) is 18.1. The third-order valence-corrected chi connectivity index (χ3v) is 4.28. The van der Waals surface area contributed by atoms with Crippen molar-refractivity contribution in [3.63, 3.8) is 0 Å². The van der Waals surface area contributed by atoms with Crippen LogP contribution < -0.4 is 14.8 Å². The van der Waals surface area contributed by atoms with Crippen LogP contribution in [0.3, 0.4) is 0 Å². The number of carbonyl (C=O) groups excluding carboxylic acids is 3. The van der Waals surface area contributed by atoms with Crippen LogP contribution in [0.5, 0.6) is 11.5 Å². The van der Waals surface area contributed by atoms with Crippen molar-refractivity contribution in [2.75, 3.05) is 32.8 Å². The van der Waals surface area contributed by atoms with Crippen molar-refractivity contribution in [2.45, 2.75) is 20.3 Å². The van der Waals surface area contributed by atoms with E-state index < -0.39 is 24.5 Å². The molecule has 2 aromatic carbocycles. The van der Waals surface area contributed by atoms with E-state index >= 15 is 0 Å². The molecule has 0 aliphatic heterocycles. The molecule has 0 aliphatic carbocycles. The van der Waals surface area contributed by atoms with Crippen LogP contribution in [0.2, 0.25) is 0 Å². The monoisotopic (exact) mass is 429 g/mol. The van der Waals surface area contributed by atoms with Gasteiger partial charge in [-0.1, -0.05) is 13.8 Å². The van der Waals surface area contributed by atoms with Gasteiger partial charge in [0.1, 0.15) is 0 Å². The maximum absolute atomic E-state index is 12.3. The average molecular weight is 429 g/mol. The molecule has 1 N–H and O–H groups in total. The molecule has 8 nitrogen and oxygen atoms in total. The predicted molar refractivity (Wildman–Crippen MR) is 115 cm³/mol. The molecule has 0 atom stereocenters. The summed E-state index contributed by atoms with van der Waals surface area (Å²) in [5.41, 5.74) is 1.05. The van der Waals surface area contributed by atoms with E-state index in [9.17, 15) is 14.4 Å². The normalized spacial score (nSPS) is 10.4. The van der Waals surface area contributed by atoms with Crippen molar-refractivity contribution >= 4 is 23.5 Å². The molecule has 2 aromatic rings. The number of hydrogen-bond donors (Lipinski definition) is 1. The predicted octanol–water partition coefficient (Wildman–Crippen LogP) is 3.70. The van der Waals surface area contributed by atoms with Crippen LogP contribution in [0.1, 0.15) is 41.0 Å². The molecular weight excluding hydrogens is 402 g/mol. The molecule has 0 radical (unpaired) electrons. The Morgan fingerprint density at radius 1 is 0.903 bits per heavy atom. The number of nitrogens with one attached hydrogen (secondary N) is 1. The summed E-state index contributed by atoms with van der Waals surface area (Å²) in [6.07, 6.45) is 0.896. The molecule has 0 bridgehead atoms. The number of anilines is 1. The third kappa shape index (κ3) is 7.33. The Hall–Kier alpha value is -3.55. The van der Waals surface area contributed by atoms with E-state index in [1.54, 1.807) is 24.3 Å². The lowest BCUT2D eigenvalue weighted by Gasteiger charge is -2.13. The fraction of sp³-hybridized carbons (Fsp3) is 0.348. The highest BCUT2D eigenvalue weighted by molar-refractivity contribution is 5.96. The number of methoxy groups -OCH3 is 2. The SMILES string of the molecule is COC(=O)c1ccc(NC(=O)COC(=O)c2ccc(OCCC(C)C)c(OC)c2)cc1. The van der Waals surface area contributed by atoms with Gasteiger partial charge in [0.2, 0.25) is 0 Å². The van der Waals surface area contributed by atoms with Crippen LogP contribution in [-0.2, 0) is 14.3 Å². The maximum Gasteiger partial charge on any atom is 0.338 e. The van der Waals surface area contributed by atoms with Gasteiger partial charge >= 0.3 is 11.9 Å². The van der Waals surface area contributed by atoms with Crippen molar-refractivity contribution in [3.8, 4) is 11.5 Å². The Balaban J connectivity index is 1.89. The first-order chi connectivity index (χ1) is 14.8. The first-order valence-electron chi connectivity index (χ1n) is 9.80. The molecule has 0 fully saturated rings. The Morgan fingerprint density at radius 2 is 1.58 bits per heavy atom. The molecule has 0 unspecified atom stereocenters.